The fourth-order valence-corrected chi connectivity index (χ4v) is 2.12. The quantitative estimate of drug-likeness (QED) is 0.726. The van der Waals surface area contributed by atoms with Crippen LogP contribution >= 0.6 is 0 Å². The SMILES string of the molecule is CNCCC(C)C(C)N(C(C)=O)C1CC1. The molecule has 0 aromatic heterocycles. The van der Waals surface area contributed by atoms with Gasteiger partial charge in [-0.15, -0.1) is 0 Å². The van der Waals surface area contributed by atoms with Gasteiger partial charge in [0.25, 0.3) is 0 Å². The van der Waals surface area contributed by atoms with E-state index >= 15 is 0 Å². The molecule has 0 radical (unpaired) electrons. The van der Waals surface area contributed by atoms with Crippen LogP contribution in [0.2, 0.25) is 0 Å². The molecule has 0 heterocycles. The van der Waals surface area contributed by atoms with Crippen molar-refractivity contribution in [3.63, 3.8) is 0 Å². The van der Waals surface area contributed by atoms with Crippen LogP contribution < -0.4 is 5.32 Å². The minimum absolute atomic E-state index is 0.237. The first kappa shape index (κ1) is 12.5. The number of hydrogen-bond donors (Lipinski definition) is 1. The average molecular weight is 212 g/mol. The van der Waals surface area contributed by atoms with Gasteiger partial charge in [0.2, 0.25) is 5.91 Å². The summed E-state index contributed by atoms with van der Waals surface area (Å²) < 4.78 is 0. The van der Waals surface area contributed by atoms with Crippen molar-refractivity contribution in [1.29, 1.82) is 0 Å². The number of nitrogens with zero attached hydrogens (tertiary/aromatic N) is 1. The minimum Gasteiger partial charge on any atom is -0.337 e. The normalized spacial score (nSPS) is 19.7. The molecule has 0 aromatic rings. The lowest BCUT2D eigenvalue weighted by Crippen LogP contribution is -2.43. The highest BCUT2D eigenvalue weighted by atomic mass is 16.2. The van der Waals surface area contributed by atoms with Gasteiger partial charge in [0.15, 0.2) is 0 Å². The van der Waals surface area contributed by atoms with Gasteiger partial charge in [-0.1, -0.05) is 6.92 Å². The Morgan fingerprint density at radius 3 is 2.47 bits per heavy atom. The Bertz CT molecular complexity index is 214. The second-order valence-electron chi connectivity index (χ2n) is 4.77. The number of hydrogen-bond acceptors (Lipinski definition) is 2. The van der Waals surface area contributed by atoms with Crippen LogP contribution in [0.1, 0.15) is 40.0 Å². The second kappa shape index (κ2) is 5.50. The number of carbonyl (C=O) groups is 1. The van der Waals surface area contributed by atoms with E-state index in [2.05, 4.69) is 24.1 Å². The summed E-state index contributed by atoms with van der Waals surface area (Å²) in [5.74, 6) is 0.809. The van der Waals surface area contributed by atoms with Crippen molar-refractivity contribution >= 4 is 5.91 Å². The molecule has 0 aliphatic heterocycles. The van der Waals surface area contributed by atoms with Crippen molar-refractivity contribution in [2.45, 2.75) is 52.1 Å². The van der Waals surface area contributed by atoms with Crippen molar-refractivity contribution in [2.75, 3.05) is 13.6 Å². The van der Waals surface area contributed by atoms with Crippen LogP contribution in [0.5, 0.6) is 0 Å². The van der Waals surface area contributed by atoms with Gasteiger partial charge in [-0.3, -0.25) is 4.79 Å². The molecule has 3 heteroatoms. The van der Waals surface area contributed by atoms with E-state index in [0.717, 1.165) is 13.0 Å². The summed E-state index contributed by atoms with van der Waals surface area (Å²) in [6.07, 6.45) is 3.53. The topological polar surface area (TPSA) is 32.3 Å². The molecule has 1 N–H and O–H groups in total. The molecule has 0 saturated heterocycles. The van der Waals surface area contributed by atoms with Crippen LogP contribution in [0.4, 0.5) is 0 Å². The van der Waals surface area contributed by atoms with E-state index in [0.29, 0.717) is 18.0 Å². The third-order valence-corrected chi connectivity index (χ3v) is 3.42. The first-order valence-electron chi connectivity index (χ1n) is 6.01. The largest absolute Gasteiger partial charge is 0.337 e. The van der Waals surface area contributed by atoms with Crippen LogP contribution in [-0.2, 0) is 4.79 Å². The summed E-state index contributed by atoms with van der Waals surface area (Å²) in [6.45, 7) is 7.14. The highest BCUT2D eigenvalue weighted by molar-refractivity contribution is 5.74. The molecule has 1 rings (SSSR count). The summed E-state index contributed by atoms with van der Waals surface area (Å²) in [7, 11) is 1.97. The molecule has 2 atom stereocenters. The molecule has 1 amide bonds. The van der Waals surface area contributed by atoms with Gasteiger partial charge < -0.3 is 10.2 Å². The molecular formula is C12H24N2O. The van der Waals surface area contributed by atoms with E-state index in [1.165, 1.54) is 12.8 Å². The van der Waals surface area contributed by atoms with Gasteiger partial charge in [-0.05, 0) is 45.7 Å². The predicted molar refractivity (Wildman–Crippen MR) is 62.7 cm³/mol. The molecule has 1 fully saturated rings. The number of nitrogens with one attached hydrogen (secondary N) is 1. The maximum atomic E-state index is 11.6. The van der Waals surface area contributed by atoms with E-state index in [9.17, 15) is 4.79 Å². The monoisotopic (exact) mass is 212 g/mol. The second-order valence-corrected chi connectivity index (χ2v) is 4.77. The highest BCUT2D eigenvalue weighted by Crippen LogP contribution is 2.31. The fraction of sp³-hybridized carbons (Fsp3) is 0.917. The summed E-state index contributed by atoms with van der Waals surface area (Å²) in [6, 6.07) is 0.915. The lowest BCUT2D eigenvalue weighted by Gasteiger charge is -2.32. The van der Waals surface area contributed by atoms with E-state index in [1.54, 1.807) is 6.92 Å². The van der Waals surface area contributed by atoms with Crippen LogP contribution in [0.3, 0.4) is 0 Å². The number of carbonyl (C=O) groups excluding carboxylic acids is 1. The summed E-state index contributed by atoms with van der Waals surface area (Å²) in [5.41, 5.74) is 0. The molecule has 0 aromatic carbocycles. The number of amides is 1. The first-order valence-corrected chi connectivity index (χ1v) is 6.01. The van der Waals surface area contributed by atoms with Crippen molar-refractivity contribution < 1.29 is 4.79 Å². The molecule has 3 nitrogen and oxygen atoms in total. The molecule has 88 valence electrons. The summed E-state index contributed by atoms with van der Waals surface area (Å²) in [5, 5.41) is 3.16. The van der Waals surface area contributed by atoms with Crippen molar-refractivity contribution in [2.24, 2.45) is 5.92 Å². The zero-order valence-electron chi connectivity index (χ0n) is 10.4. The third kappa shape index (κ3) is 3.49. The van der Waals surface area contributed by atoms with Gasteiger partial charge in [-0.25, -0.2) is 0 Å². The summed E-state index contributed by atoms with van der Waals surface area (Å²) >= 11 is 0. The molecule has 2 unspecified atom stereocenters. The Balaban J connectivity index is 2.47. The molecule has 0 bridgehead atoms. The Hall–Kier alpha value is -0.570. The van der Waals surface area contributed by atoms with Crippen LogP contribution in [-0.4, -0.2) is 36.5 Å². The average Bonchev–Trinajstić information content (AvgIpc) is 2.97. The van der Waals surface area contributed by atoms with Crippen LogP contribution in [0, 0.1) is 5.92 Å². The van der Waals surface area contributed by atoms with Crippen LogP contribution in [0.25, 0.3) is 0 Å². The molecule has 1 aliphatic carbocycles. The van der Waals surface area contributed by atoms with Crippen molar-refractivity contribution in [3.8, 4) is 0 Å². The Morgan fingerprint density at radius 2 is 2.07 bits per heavy atom. The molecular weight excluding hydrogens is 188 g/mol. The lowest BCUT2D eigenvalue weighted by atomic mass is 9.98. The van der Waals surface area contributed by atoms with E-state index in [-0.39, 0.29) is 5.91 Å². The molecule has 0 spiro atoms. The van der Waals surface area contributed by atoms with Gasteiger partial charge in [0.1, 0.15) is 0 Å². The highest BCUT2D eigenvalue weighted by Gasteiger charge is 2.35. The zero-order valence-corrected chi connectivity index (χ0v) is 10.4. The van der Waals surface area contributed by atoms with E-state index in [4.69, 9.17) is 0 Å². The Morgan fingerprint density at radius 1 is 1.47 bits per heavy atom. The Kier molecular flexibility index (Phi) is 4.58. The predicted octanol–water partition coefficient (Wildman–Crippen LogP) is 1.63. The maximum Gasteiger partial charge on any atom is 0.219 e. The lowest BCUT2D eigenvalue weighted by molar-refractivity contribution is -0.132. The van der Waals surface area contributed by atoms with Gasteiger partial charge in [-0.2, -0.15) is 0 Å². The molecule has 1 aliphatic rings. The van der Waals surface area contributed by atoms with E-state index < -0.39 is 0 Å². The maximum absolute atomic E-state index is 11.6. The van der Waals surface area contributed by atoms with Crippen molar-refractivity contribution in [1.82, 2.24) is 10.2 Å². The third-order valence-electron chi connectivity index (χ3n) is 3.42. The van der Waals surface area contributed by atoms with Gasteiger partial charge in [0.05, 0.1) is 0 Å². The van der Waals surface area contributed by atoms with Crippen molar-refractivity contribution in [3.05, 3.63) is 0 Å². The summed E-state index contributed by atoms with van der Waals surface area (Å²) in [4.78, 5) is 13.6. The standard InChI is InChI=1S/C12H24N2O/c1-9(7-8-13-4)10(2)14(11(3)15)12-5-6-12/h9-10,12-13H,5-8H2,1-4H3. The fourth-order valence-electron chi connectivity index (χ4n) is 2.12. The number of rotatable bonds is 6. The van der Waals surface area contributed by atoms with Gasteiger partial charge >= 0.3 is 0 Å². The van der Waals surface area contributed by atoms with E-state index in [1.807, 2.05) is 7.05 Å². The minimum atomic E-state index is 0.237. The first-order chi connectivity index (χ1) is 7.07. The smallest absolute Gasteiger partial charge is 0.219 e. The molecule has 1 saturated carbocycles. The van der Waals surface area contributed by atoms with Gasteiger partial charge in [0, 0.05) is 19.0 Å². The van der Waals surface area contributed by atoms with Crippen LogP contribution in [0.15, 0.2) is 0 Å². The Labute approximate surface area is 93.2 Å². The zero-order chi connectivity index (χ0) is 11.4. The molecule has 15 heavy (non-hydrogen) atoms.